The second-order valence-corrected chi connectivity index (χ2v) is 6.45. The second-order valence-electron chi connectivity index (χ2n) is 6.45. The van der Waals surface area contributed by atoms with Crippen molar-refractivity contribution < 1.29 is 9.53 Å². The number of benzene rings is 2. The van der Waals surface area contributed by atoms with Gasteiger partial charge in [0.25, 0.3) is 0 Å². The number of nitrogens with zero attached hydrogens (tertiary/aromatic N) is 1. The summed E-state index contributed by atoms with van der Waals surface area (Å²) in [5, 5.41) is 2.91. The van der Waals surface area contributed by atoms with E-state index >= 15 is 0 Å². The van der Waals surface area contributed by atoms with E-state index in [1.54, 1.807) is 12.2 Å². The first-order valence-electron chi connectivity index (χ1n) is 9.32. The highest BCUT2D eigenvalue weighted by molar-refractivity contribution is 6.02. The lowest BCUT2D eigenvalue weighted by Crippen LogP contribution is -2.17. The molecule has 2 aromatic rings. The minimum absolute atomic E-state index is 0.149. The number of hydrogen-bond acceptors (Lipinski definition) is 3. The summed E-state index contributed by atoms with van der Waals surface area (Å²) < 4.78 is 5.71. The molecule has 1 aliphatic rings. The van der Waals surface area contributed by atoms with Gasteiger partial charge in [-0.3, -0.25) is 4.79 Å². The zero-order chi connectivity index (χ0) is 18.2. The largest absolute Gasteiger partial charge is 0.493 e. The van der Waals surface area contributed by atoms with Gasteiger partial charge in [0.05, 0.1) is 6.61 Å². The van der Waals surface area contributed by atoms with Gasteiger partial charge in [0.15, 0.2) is 0 Å². The Balaban J connectivity index is 1.59. The molecule has 0 unspecified atom stereocenters. The van der Waals surface area contributed by atoms with Crippen LogP contribution in [-0.4, -0.2) is 25.6 Å². The number of carbonyl (C=O) groups is 1. The lowest BCUT2D eigenvalue weighted by Gasteiger charge is -2.17. The van der Waals surface area contributed by atoms with E-state index in [1.165, 1.54) is 18.5 Å². The molecule has 4 heteroatoms. The van der Waals surface area contributed by atoms with Crippen LogP contribution in [-0.2, 0) is 4.79 Å². The first-order valence-corrected chi connectivity index (χ1v) is 9.32. The van der Waals surface area contributed by atoms with Gasteiger partial charge in [-0.2, -0.15) is 0 Å². The van der Waals surface area contributed by atoms with E-state index in [0.29, 0.717) is 6.61 Å². The first kappa shape index (κ1) is 18.1. The number of hydrogen-bond donors (Lipinski definition) is 1. The molecule has 26 heavy (non-hydrogen) atoms. The molecule has 1 aliphatic heterocycles. The number of anilines is 2. The fourth-order valence-corrected chi connectivity index (χ4v) is 3.04. The third-order valence-electron chi connectivity index (χ3n) is 4.40. The molecule has 1 N–H and O–H groups in total. The molecule has 1 saturated heterocycles. The Morgan fingerprint density at radius 2 is 1.85 bits per heavy atom. The maximum atomic E-state index is 12.2. The van der Waals surface area contributed by atoms with Gasteiger partial charge in [-0.1, -0.05) is 25.1 Å². The van der Waals surface area contributed by atoms with Crippen LogP contribution in [0.25, 0.3) is 6.08 Å². The molecule has 2 aromatic carbocycles. The van der Waals surface area contributed by atoms with Crippen molar-refractivity contribution in [3.05, 3.63) is 60.2 Å². The molecular formula is C22H26N2O2. The van der Waals surface area contributed by atoms with Crippen molar-refractivity contribution in [2.45, 2.75) is 26.2 Å². The predicted molar refractivity (Wildman–Crippen MR) is 108 cm³/mol. The van der Waals surface area contributed by atoms with Gasteiger partial charge in [0.2, 0.25) is 5.91 Å². The summed E-state index contributed by atoms with van der Waals surface area (Å²) >= 11 is 0. The van der Waals surface area contributed by atoms with Crippen LogP contribution in [0.3, 0.4) is 0 Å². The third kappa shape index (κ3) is 4.88. The summed E-state index contributed by atoms with van der Waals surface area (Å²) in [6.45, 7) is 4.98. The lowest BCUT2D eigenvalue weighted by atomic mass is 10.2. The normalized spacial score (nSPS) is 14.0. The summed E-state index contributed by atoms with van der Waals surface area (Å²) in [7, 11) is 0. The fourth-order valence-electron chi connectivity index (χ4n) is 3.04. The van der Waals surface area contributed by atoms with Gasteiger partial charge in [-0.25, -0.2) is 0 Å². The highest BCUT2D eigenvalue weighted by Gasteiger charge is 2.11. The van der Waals surface area contributed by atoms with Gasteiger partial charge >= 0.3 is 0 Å². The van der Waals surface area contributed by atoms with Crippen LogP contribution in [0.4, 0.5) is 11.4 Å². The van der Waals surface area contributed by atoms with Crippen LogP contribution in [0, 0.1) is 0 Å². The van der Waals surface area contributed by atoms with E-state index in [1.807, 2.05) is 36.4 Å². The van der Waals surface area contributed by atoms with Crippen molar-refractivity contribution in [2.24, 2.45) is 0 Å². The smallest absolute Gasteiger partial charge is 0.248 e. The van der Waals surface area contributed by atoms with E-state index < -0.39 is 0 Å². The number of nitrogens with one attached hydrogen (secondary N) is 1. The van der Waals surface area contributed by atoms with E-state index in [0.717, 1.165) is 36.5 Å². The number of amides is 1. The number of ether oxygens (including phenoxy) is 1. The van der Waals surface area contributed by atoms with Crippen LogP contribution in [0.2, 0.25) is 0 Å². The molecule has 136 valence electrons. The maximum Gasteiger partial charge on any atom is 0.248 e. The van der Waals surface area contributed by atoms with E-state index in [-0.39, 0.29) is 5.91 Å². The Morgan fingerprint density at radius 1 is 1.12 bits per heavy atom. The summed E-state index contributed by atoms with van der Waals surface area (Å²) in [4.78, 5) is 14.6. The fraction of sp³-hybridized carbons (Fsp3) is 0.318. The van der Waals surface area contributed by atoms with Gasteiger partial charge in [-0.05, 0) is 55.7 Å². The minimum atomic E-state index is -0.149. The van der Waals surface area contributed by atoms with Crippen LogP contribution < -0.4 is 15.0 Å². The standard InChI is InChI=1S/C22H26N2O2/c1-2-17-26-21-8-4-3-7-18(21)9-14-22(25)23-19-10-12-20(13-11-19)24-15-5-6-16-24/h3-4,7-14H,2,5-6,15-17H2,1H3,(H,23,25)/b14-9+. The van der Waals surface area contributed by atoms with Gasteiger partial charge in [0.1, 0.15) is 5.75 Å². The topological polar surface area (TPSA) is 41.6 Å². The maximum absolute atomic E-state index is 12.2. The molecule has 0 saturated carbocycles. The molecule has 3 rings (SSSR count). The van der Waals surface area contributed by atoms with Crippen LogP contribution in [0.15, 0.2) is 54.6 Å². The average Bonchev–Trinajstić information content (AvgIpc) is 3.21. The first-order chi connectivity index (χ1) is 12.8. The molecule has 4 nitrogen and oxygen atoms in total. The van der Waals surface area contributed by atoms with Crippen molar-refractivity contribution in [3.63, 3.8) is 0 Å². The Hall–Kier alpha value is -2.75. The predicted octanol–water partition coefficient (Wildman–Crippen LogP) is 4.73. The molecule has 0 radical (unpaired) electrons. The SMILES string of the molecule is CCCOc1ccccc1/C=C/C(=O)Nc1ccc(N2CCCC2)cc1. The lowest BCUT2D eigenvalue weighted by molar-refractivity contribution is -0.111. The van der Waals surface area contributed by atoms with Crippen LogP contribution in [0.1, 0.15) is 31.7 Å². The van der Waals surface area contributed by atoms with E-state index in [4.69, 9.17) is 4.74 Å². The van der Waals surface area contributed by atoms with E-state index in [9.17, 15) is 4.79 Å². The third-order valence-corrected chi connectivity index (χ3v) is 4.40. The Kier molecular flexibility index (Phi) is 6.31. The van der Waals surface area contributed by atoms with Crippen molar-refractivity contribution in [3.8, 4) is 5.75 Å². The Labute approximate surface area is 155 Å². The molecule has 0 aliphatic carbocycles. The van der Waals surface area contributed by atoms with Crippen molar-refractivity contribution in [2.75, 3.05) is 29.9 Å². The second kappa shape index (κ2) is 9.09. The molecule has 1 amide bonds. The zero-order valence-electron chi connectivity index (χ0n) is 15.3. The Morgan fingerprint density at radius 3 is 2.58 bits per heavy atom. The van der Waals surface area contributed by atoms with Crippen molar-refractivity contribution >= 4 is 23.4 Å². The molecule has 1 heterocycles. The number of carbonyl (C=O) groups excluding carboxylic acids is 1. The average molecular weight is 350 g/mol. The highest BCUT2D eigenvalue weighted by atomic mass is 16.5. The quantitative estimate of drug-likeness (QED) is 0.734. The Bertz CT molecular complexity index is 747. The minimum Gasteiger partial charge on any atom is -0.493 e. The summed E-state index contributed by atoms with van der Waals surface area (Å²) in [5.74, 6) is 0.651. The molecule has 0 aromatic heterocycles. The molecule has 0 spiro atoms. The zero-order valence-corrected chi connectivity index (χ0v) is 15.3. The molecule has 0 bridgehead atoms. The monoisotopic (exact) mass is 350 g/mol. The summed E-state index contributed by atoms with van der Waals surface area (Å²) in [6, 6.07) is 15.8. The van der Waals surface area contributed by atoms with Crippen molar-refractivity contribution in [1.82, 2.24) is 0 Å². The van der Waals surface area contributed by atoms with Crippen molar-refractivity contribution in [1.29, 1.82) is 0 Å². The van der Waals surface area contributed by atoms with E-state index in [2.05, 4.69) is 29.3 Å². The highest BCUT2D eigenvalue weighted by Crippen LogP contribution is 2.22. The van der Waals surface area contributed by atoms with Gasteiger partial charge < -0.3 is 15.0 Å². The van der Waals surface area contributed by atoms with Gasteiger partial charge in [-0.15, -0.1) is 0 Å². The van der Waals surface area contributed by atoms with Crippen LogP contribution in [0.5, 0.6) is 5.75 Å². The molecular weight excluding hydrogens is 324 g/mol. The number of rotatable bonds is 7. The summed E-state index contributed by atoms with van der Waals surface area (Å²) in [6.07, 6.45) is 6.80. The summed E-state index contributed by atoms with van der Waals surface area (Å²) in [5.41, 5.74) is 2.93. The molecule has 0 atom stereocenters. The molecule has 1 fully saturated rings. The van der Waals surface area contributed by atoms with Gasteiger partial charge in [0, 0.05) is 36.1 Å². The van der Waals surface area contributed by atoms with Crippen LogP contribution >= 0.6 is 0 Å². The number of para-hydroxylation sites is 1.